The number of carboxylic acids is 2. The number of aryl methyl sites for hydroxylation is 1. The topological polar surface area (TPSA) is 179 Å². The quantitative estimate of drug-likeness (QED) is 0.181. The van der Waals surface area contributed by atoms with Gasteiger partial charge in [0.05, 0.1) is 6.04 Å². The molecule has 2 rings (SSSR count). The highest BCUT2D eigenvalue weighted by atomic mass is 32.2. The van der Waals surface area contributed by atoms with Crippen molar-refractivity contribution in [2.75, 3.05) is 5.75 Å². The second kappa shape index (κ2) is 14.5. The minimum atomic E-state index is -1.11. The standard InChI is InChI=1S/C24H33N3O7S/c25-23(33)18(2-1-3-21(29)30)27-24(34)19(9-11-22(31)32)26-20(28)10-6-15-4-7-16(8-5-15)17-12-13-35-14-17/h4-5,7-8,14,18-20,26,28H,1-3,6,9-13H2,(H2,25,33)(H,27,34)(H,29,30)(H,31,32). The molecule has 192 valence electrons. The Labute approximate surface area is 208 Å². The van der Waals surface area contributed by atoms with Crippen molar-refractivity contribution in [2.45, 2.75) is 69.7 Å². The number of carboxylic acid groups (broad SMARTS) is 2. The molecule has 2 amide bonds. The summed E-state index contributed by atoms with van der Waals surface area (Å²) in [5.41, 5.74) is 8.82. The summed E-state index contributed by atoms with van der Waals surface area (Å²) < 4.78 is 0. The van der Waals surface area contributed by atoms with E-state index >= 15 is 0 Å². The third-order valence-corrected chi connectivity index (χ3v) is 6.54. The van der Waals surface area contributed by atoms with Gasteiger partial charge in [-0.25, -0.2) is 0 Å². The van der Waals surface area contributed by atoms with Crippen molar-refractivity contribution >= 4 is 41.1 Å². The van der Waals surface area contributed by atoms with Gasteiger partial charge in [0.1, 0.15) is 12.3 Å². The van der Waals surface area contributed by atoms with E-state index < -0.39 is 42.1 Å². The zero-order valence-corrected chi connectivity index (χ0v) is 20.3. The van der Waals surface area contributed by atoms with Crippen molar-refractivity contribution < 1.29 is 34.5 Å². The van der Waals surface area contributed by atoms with Crippen molar-refractivity contribution in [3.05, 3.63) is 40.8 Å². The number of thioether (sulfide) groups is 1. The number of benzene rings is 1. The molecule has 0 radical (unpaired) electrons. The number of allylic oxidation sites excluding steroid dienone is 1. The fraction of sp³-hybridized carbons (Fsp3) is 0.500. The molecule has 1 heterocycles. The van der Waals surface area contributed by atoms with E-state index in [1.165, 1.54) is 11.1 Å². The van der Waals surface area contributed by atoms with Gasteiger partial charge in [0, 0.05) is 18.6 Å². The Balaban J connectivity index is 1.92. The Morgan fingerprint density at radius 2 is 1.66 bits per heavy atom. The zero-order valence-electron chi connectivity index (χ0n) is 19.4. The summed E-state index contributed by atoms with van der Waals surface area (Å²) in [6, 6.07) is 5.91. The number of rotatable bonds is 16. The summed E-state index contributed by atoms with van der Waals surface area (Å²) in [5.74, 6) is -2.56. The van der Waals surface area contributed by atoms with Crippen LogP contribution in [0, 0.1) is 0 Å². The van der Waals surface area contributed by atoms with Crippen LogP contribution in [0.2, 0.25) is 0 Å². The van der Waals surface area contributed by atoms with Gasteiger partial charge in [-0.2, -0.15) is 0 Å². The predicted octanol–water partition coefficient (Wildman–Crippen LogP) is 1.46. The molecule has 0 fully saturated rings. The van der Waals surface area contributed by atoms with Crippen LogP contribution in [0.1, 0.15) is 56.1 Å². The highest BCUT2D eigenvalue weighted by molar-refractivity contribution is 8.02. The Morgan fingerprint density at radius 3 is 2.23 bits per heavy atom. The molecule has 7 N–H and O–H groups in total. The van der Waals surface area contributed by atoms with E-state index in [2.05, 4.69) is 16.0 Å². The second-order valence-corrected chi connectivity index (χ2v) is 9.39. The van der Waals surface area contributed by atoms with Crippen LogP contribution < -0.4 is 16.4 Å². The third-order valence-electron chi connectivity index (χ3n) is 5.65. The fourth-order valence-electron chi connectivity index (χ4n) is 3.68. The first-order valence-electron chi connectivity index (χ1n) is 11.5. The van der Waals surface area contributed by atoms with Crippen LogP contribution in [-0.2, 0) is 25.6 Å². The van der Waals surface area contributed by atoms with Gasteiger partial charge >= 0.3 is 11.9 Å². The lowest BCUT2D eigenvalue weighted by atomic mass is 10.0. The molecule has 35 heavy (non-hydrogen) atoms. The SMILES string of the molecule is NC(=O)C(CCCC(=O)O)NC(=O)C(CCC(=O)O)NC(O)CCc1ccc(C2=CSCC2)cc1. The maximum atomic E-state index is 12.7. The van der Waals surface area contributed by atoms with Crippen molar-refractivity contribution in [3.8, 4) is 0 Å². The number of carbonyl (C=O) groups is 4. The first-order valence-corrected chi connectivity index (χ1v) is 12.6. The number of amides is 2. The van der Waals surface area contributed by atoms with E-state index in [0.29, 0.717) is 6.42 Å². The van der Waals surface area contributed by atoms with E-state index in [9.17, 15) is 24.3 Å². The number of aliphatic hydroxyl groups is 1. The summed E-state index contributed by atoms with van der Waals surface area (Å²) in [5, 5.41) is 35.6. The monoisotopic (exact) mass is 507 g/mol. The van der Waals surface area contributed by atoms with E-state index in [1.807, 2.05) is 24.3 Å². The molecule has 0 spiro atoms. The lowest BCUT2D eigenvalue weighted by Crippen LogP contribution is -2.53. The van der Waals surface area contributed by atoms with E-state index in [-0.39, 0.29) is 38.5 Å². The van der Waals surface area contributed by atoms with Gasteiger partial charge < -0.3 is 26.4 Å². The summed E-state index contributed by atoms with van der Waals surface area (Å²) >= 11 is 1.80. The van der Waals surface area contributed by atoms with Crippen LogP contribution in [0.25, 0.3) is 5.57 Å². The van der Waals surface area contributed by atoms with Crippen LogP contribution in [0.4, 0.5) is 0 Å². The number of hydrogen-bond donors (Lipinski definition) is 6. The average Bonchev–Trinajstić information content (AvgIpc) is 3.34. The number of hydrogen-bond acceptors (Lipinski definition) is 7. The Morgan fingerprint density at radius 1 is 0.971 bits per heavy atom. The van der Waals surface area contributed by atoms with Crippen molar-refractivity contribution in [3.63, 3.8) is 0 Å². The molecule has 10 nitrogen and oxygen atoms in total. The van der Waals surface area contributed by atoms with E-state index in [0.717, 1.165) is 17.7 Å². The van der Waals surface area contributed by atoms with Gasteiger partial charge in [0.2, 0.25) is 11.8 Å². The first-order chi connectivity index (χ1) is 16.7. The second-order valence-electron chi connectivity index (χ2n) is 8.42. The van der Waals surface area contributed by atoms with Crippen LogP contribution in [0.3, 0.4) is 0 Å². The normalized spacial score (nSPS) is 15.6. The molecule has 0 bridgehead atoms. The highest BCUT2D eigenvalue weighted by Crippen LogP contribution is 2.30. The smallest absolute Gasteiger partial charge is 0.303 e. The van der Waals surface area contributed by atoms with Crippen molar-refractivity contribution in [1.82, 2.24) is 10.6 Å². The third kappa shape index (κ3) is 10.5. The molecular formula is C24H33N3O7S. The maximum Gasteiger partial charge on any atom is 0.303 e. The summed E-state index contributed by atoms with van der Waals surface area (Å²) in [7, 11) is 0. The molecule has 1 aromatic rings. The fourth-order valence-corrected chi connectivity index (χ4v) is 4.59. The highest BCUT2D eigenvalue weighted by Gasteiger charge is 2.26. The van der Waals surface area contributed by atoms with Crippen LogP contribution in [0.5, 0.6) is 0 Å². The number of nitrogens with two attached hydrogens (primary N) is 1. The van der Waals surface area contributed by atoms with Gasteiger partial charge in [0.25, 0.3) is 0 Å². The number of aliphatic carboxylic acids is 2. The van der Waals surface area contributed by atoms with Crippen LogP contribution in [0.15, 0.2) is 29.7 Å². The van der Waals surface area contributed by atoms with Crippen LogP contribution in [-0.4, -0.2) is 63.1 Å². The maximum absolute atomic E-state index is 12.7. The molecule has 3 unspecified atom stereocenters. The molecule has 1 aliphatic rings. The first kappa shape index (κ1) is 28.3. The average molecular weight is 508 g/mol. The van der Waals surface area contributed by atoms with Gasteiger partial charge in [0.15, 0.2) is 0 Å². The molecule has 0 aliphatic carbocycles. The number of aliphatic hydroxyl groups excluding tert-OH is 1. The molecule has 1 aliphatic heterocycles. The van der Waals surface area contributed by atoms with E-state index in [1.54, 1.807) is 11.8 Å². The Hall–Kier alpha value is -2.89. The summed E-state index contributed by atoms with van der Waals surface area (Å²) in [6.07, 6.45) is 0.322. The van der Waals surface area contributed by atoms with Gasteiger partial charge in [-0.05, 0) is 60.6 Å². The summed E-state index contributed by atoms with van der Waals surface area (Å²) in [6.45, 7) is 0. The zero-order chi connectivity index (χ0) is 25.8. The number of carbonyl (C=O) groups excluding carboxylic acids is 2. The molecule has 0 saturated heterocycles. The van der Waals surface area contributed by atoms with Gasteiger partial charge in [-0.3, -0.25) is 24.5 Å². The molecule has 11 heteroatoms. The summed E-state index contributed by atoms with van der Waals surface area (Å²) in [4.78, 5) is 46.1. The Kier molecular flexibility index (Phi) is 11.7. The van der Waals surface area contributed by atoms with Crippen molar-refractivity contribution in [1.29, 1.82) is 0 Å². The Bertz CT molecular complexity index is 920. The number of nitrogens with one attached hydrogen (secondary N) is 2. The lowest BCUT2D eigenvalue weighted by Gasteiger charge is -2.24. The van der Waals surface area contributed by atoms with Crippen LogP contribution >= 0.6 is 11.8 Å². The molecular weight excluding hydrogens is 474 g/mol. The minimum absolute atomic E-state index is 0.0349. The molecule has 0 aromatic heterocycles. The molecule has 1 aromatic carbocycles. The molecule has 0 saturated carbocycles. The predicted molar refractivity (Wildman–Crippen MR) is 132 cm³/mol. The van der Waals surface area contributed by atoms with E-state index in [4.69, 9.17) is 15.9 Å². The number of primary amides is 1. The van der Waals surface area contributed by atoms with Gasteiger partial charge in [-0.15, -0.1) is 11.8 Å². The van der Waals surface area contributed by atoms with Crippen molar-refractivity contribution in [2.24, 2.45) is 5.73 Å². The largest absolute Gasteiger partial charge is 0.481 e. The lowest BCUT2D eigenvalue weighted by molar-refractivity contribution is -0.138. The minimum Gasteiger partial charge on any atom is -0.481 e. The van der Waals surface area contributed by atoms with Gasteiger partial charge in [-0.1, -0.05) is 24.3 Å². The molecule has 3 atom stereocenters.